The van der Waals surface area contributed by atoms with Crippen LogP contribution < -0.4 is 29.8 Å². The first-order valence-corrected chi connectivity index (χ1v) is 16.9. The van der Waals surface area contributed by atoms with Gasteiger partial charge >= 0.3 is 0 Å². The lowest BCUT2D eigenvalue weighted by Gasteiger charge is -2.31. The van der Waals surface area contributed by atoms with Crippen molar-refractivity contribution in [3.05, 3.63) is 128 Å². The zero-order chi connectivity index (χ0) is 36.2. The molecule has 3 N–H and O–H groups in total. The number of benzene rings is 4. The number of nitrogens with one attached hydrogen (secondary N) is 2. The lowest BCUT2D eigenvalue weighted by molar-refractivity contribution is -0.130. The Hall–Kier alpha value is -5.27. The Bertz CT molecular complexity index is 1860. The average molecular weight is 760 g/mol. The summed E-state index contributed by atoms with van der Waals surface area (Å²) >= 11 is 3.51. The van der Waals surface area contributed by atoms with Gasteiger partial charge < -0.3 is 28.8 Å². The molecule has 0 fully saturated rings. The third-order valence-corrected chi connectivity index (χ3v) is 8.90. The van der Waals surface area contributed by atoms with Gasteiger partial charge in [-0.3, -0.25) is 10.2 Å². The summed E-state index contributed by atoms with van der Waals surface area (Å²) in [5.41, 5.74) is 17.1. The van der Waals surface area contributed by atoms with E-state index in [2.05, 4.69) is 36.8 Å². The van der Waals surface area contributed by atoms with Crippen LogP contribution in [0, 0.1) is 0 Å². The Balaban J connectivity index is 1.56. The molecule has 5 rings (SSSR count). The van der Waals surface area contributed by atoms with Crippen molar-refractivity contribution in [1.29, 1.82) is 0 Å². The molecule has 1 aliphatic heterocycles. The molecule has 14 heteroatoms. The number of hydrazine groups is 1. The molecule has 0 spiro atoms. The second kappa shape index (κ2) is 17.6. The van der Waals surface area contributed by atoms with Crippen molar-refractivity contribution in [3.63, 3.8) is 0 Å². The third kappa shape index (κ3) is 8.73. The van der Waals surface area contributed by atoms with Crippen LogP contribution in [0.3, 0.4) is 0 Å². The Morgan fingerprint density at radius 1 is 0.980 bits per heavy atom. The summed E-state index contributed by atoms with van der Waals surface area (Å²) in [6.07, 6.45) is -0.239. The Kier molecular flexibility index (Phi) is 12.8. The van der Waals surface area contributed by atoms with Gasteiger partial charge in [0.25, 0.3) is 5.91 Å². The Morgan fingerprint density at radius 3 is 2.29 bits per heavy atom. The van der Waals surface area contributed by atoms with Gasteiger partial charge in [-0.05, 0) is 58.6 Å². The van der Waals surface area contributed by atoms with E-state index in [1.54, 1.807) is 45.6 Å². The molecule has 1 amide bonds. The van der Waals surface area contributed by atoms with E-state index in [-0.39, 0.29) is 32.0 Å². The van der Waals surface area contributed by atoms with Crippen LogP contribution in [0.2, 0.25) is 0 Å². The topological polar surface area (TPSA) is 169 Å². The molecule has 0 saturated heterocycles. The molecule has 0 unspecified atom stereocenters. The molecule has 4 aromatic carbocycles. The number of hydrogen-bond acceptors (Lipinski definition) is 10. The number of methoxy groups -OCH3 is 3. The summed E-state index contributed by atoms with van der Waals surface area (Å²) in [7, 11) is 4.64. The summed E-state index contributed by atoms with van der Waals surface area (Å²) in [5.74, 6) is 2.01. The fourth-order valence-corrected chi connectivity index (χ4v) is 6.04. The standard InChI is InChI=1S/C37H39BrN6O7/c1-47-30-19-32(48-2)31(33(20-30)49-3)23-40-43-36(46)37(21-26-7-4-5-8-27(26)22-41-44-39)34(24-9-13-28(38)14-10-24)51-35(42-37)25-11-15-29(16-12-25)50-18-6-17-45/h4-5,7-16,19-20,34,40,45H,6,17-18,21-23H2,1-3H3,(H,43,46)/t34-,37-/m0/s1. The van der Waals surface area contributed by atoms with E-state index >= 15 is 0 Å². The van der Waals surface area contributed by atoms with Crippen molar-refractivity contribution < 1.29 is 33.6 Å². The molecule has 0 bridgehead atoms. The van der Waals surface area contributed by atoms with E-state index < -0.39 is 17.6 Å². The first-order valence-electron chi connectivity index (χ1n) is 16.1. The predicted octanol–water partition coefficient (Wildman–Crippen LogP) is 6.37. The van der Waals surface area contributed by atoms with Crippen molar-refractivity contribution in [2.75, 3.05) is 34.5 Å². The number of azide groups is 1. The minimum atomic E-state index is -1.53. The number of halogens is 1. The van der Waals surface area contributed by atoms with Gasteiger partial charge in [0.05, 0.1) is 40.0 Å². The fraction of sp³-hybridized carbons (Fsp3) is 0.297. The summed E-state index contributed by atoms with van der Waals surface area (Å²) in [6.45, 7) is 0.645. The number of ether oxygens (including phenoxy) is 5. The van der Waals surface area contributed by atoms with Crippen LogP contribution in [0.15, 0.2) is 99.5 Å². The van der Waals surface area contributed by atoms with Crippen LogP contribution in [0.25, 0.3) is 10.4 Å². The molecule has 0 radical (unpaired) electrons. The lowest BCUT2D eigenvalue weighted by Crippen LogP contribution is -2.53. The number of nitrogens with zero attached hydrogens (tertiary/aromatic N) is 4. The smallest absolute Gasteiger partial charge is 0.266 e. The monoisotopic (exact) mass is 758 g/mol. The second-order valence-corrected chi connectivity index (χ2v) is 12.4. The average Bonchev–Trinajstić information content (AvgIpc) is 3.55. The first-order chi connectivity index (χ1) is 24.8. The highest BCUT2D eigenvalue weighted by Crippen LogP contribution is 2.43. The Morgan fingerprint density at radius 2 is 1.67 bits per heavy atom. The third-order valence-electron chi connectivity index (χ3n) is 8.37. The van der Waals surface area contributed by atoms with Gasteiger partial charge in [0.1, 0.15) is 23.0 Å². The maximum atomic E-state index is 14.8. The number of carbonyl (C=O) groups is 1. The van der Waals surface area contributed by atoms with Crippen LogP contribution in [0.4, 0.5) is 0 Å². The highest BCUT2D eigenvalue weighted by molar-refractivity contribution is 9.10. The molecule has 13 nitrogen and oxygen atoms in total. The number of carbonyl (C=O) groups excluding carboxylic acids is 1. The van der Waals surface area contributed by atoms with Gasteiger partial charge in [-0.2, -0.15) is 0 Å². The van der Waals surface area contributed by atoms with Crippen LogP contribution in [-0.4, -0.2) is 57.0 Å². The highest BCUT2D eigenvalue weighted by atomic mass is 79.9. The molecule has 4 aromatic rings. The minimum Gasteiger partial charge on any atom is -0.496 e. The fourth-order valence-electron chi connectivity index (χ4n) is 5.78. The van der Waals surface area contributed by atoms with E-state index in [9.17, 15) is 4.79 Å². The Labute approximate surface area is 304 Å². The number of rotatable bonds is 17. The van der Waals surface area contributed by atoms with Crippen molar-refractivity contribution in [2.24, 2.45) is 10.1 Å². The van der Waals surface area contributed by atoms with Gasteiger partial charge in [0.15, 0.2) is 11.6 Å². The second-order valence-electron chi connectivity index (χ2n) is 11.5. The number of amides is 1. The first kappa shape index (κ1) is 37.0. The zero-order valence-electron chi connectivity index (χ0n) is 28.5. The van der Waals surface area contributed by atoms with Crippen LogP contribution in [0.1, 0.15) is 40.3 Å². The highest BCUT2D eigenvalue weighted by Gasteiger charge is 2.53. The van der Waals surface area contributed by atoms with Gasteiger partial charge in [-0.25, -0.2) is 10.4 Å². The molecule has 266 valence electrons. The lowest BCUT2D eigenvalue weighted by atomic mass is 9.81. The maximum absolute atomic E-state index is 14.8. The van der Waals surface area contributed by atoms with E-state index in [0.717, 1.165) is 21.2 Å². The van der Waals surface area contributed by atoms with Gasteiger partial charge in [0.2, 0.25) is 5.90 Å². The molecule has 2 atom stereocenters. The van der Waals surface area contributed by atoms with Gasteiger partial charge in [-0.1, -0.05) is 57.4 Å². The van der Waals surface area contributed by atoms with E-state index in [1.807, 2.05) is 60.7 Å². The SMILES string of the molecule is COc1cc(OC)c(CNNC(=O)[C@@]2(Cc3ccccc3CN=[N+]=[N-])N=C(c3ccc(OCCCO)cc3)O[C@H]2c2ccc(Br)cc2)c(OC)c1. The molecular formula is C37H39BrN6O7. The molecule has 1 aliphatic rings. The quantitative estimate of drug-likeness (QED) is 0.0367. The van der Waals surface area contributed by atoms with E-state index in [4.69, 9.17) is 39.3 Å². The largest absolute Gasteiger partial charge is 0.496 e. The molecule has 0 aromatic heterocycles. The minimum absolute atomic E-state index is 0.0341. The van der Waals surface area contributed by atoms with Crippen LogP contribution >= 0.6 is 15.9 Å². The van der Waals surface area contributed by atoms with Gasteiger partial charge in [-0.15, -0.1) is 0 Å². The van der Waals surface area contributed by atoms with E-state index in [1.165, 1.54) is 0 Å². The van der Waals surface area contributed by atoms with Crippen molar-refractivity contribution in [1.82, 2.24) is 10.9 Å². The van der Waals surface area contributed by atoms with Crippen molar-refractivity contribution >= 4 is 27.7 Å². The summed E-state index contributed by atoms with van der Waals surface area (Å²) in [5, 5.41) is 12.9. The molecule has 0 aliphatic carbocycles. The zero-order valence-corrected chi connectivity index (χ0v) is 30.1. The summed E-state index contributed by atoms with van der Waals surface area (Å²) in [4.78, 5) is 22.8. The van der Waals surface area contributed by atoms with E-state index in [0.29, 0.717) is 47.2 Å². The maximum Gasteiger partial charge on any atom is 0.266 e. The molecule has 51 heavy (non-hydrogen) atoms. The van der Waals surface area contributed by atoms with Crippen LogP contribution in [0.5, 0.6) is 23.0 Å². The molecule has 0 saturated carbocycles. The molecular weight excluding hydrogens is 720 g/mol. The number of hydrogen-bond donors (Lipinski definition) is 3. The number of aliphatic hydroxyl groups is 1. The molecule has 1 heterocycles. The van der Waals surface area contributed by atoms with Crippen LogP contribution in [-0.2, 0) is 29.0 Å². The van der Waals surface area contributed by atoms with Crippen molar-refractivity contribution in [3.8, 4) is 23.0 Å². The number of aliphatic hydroxyl groups excluding tert-OH is 1. The predicted molar refractivity (Wildman–Crippen MR) is 195 cm³/mol. The number of aliphatic imine (C=N–C) groups is 1. The summed E-state index contributed by atoms with van der Waals surface area (Å²) < 4.78 is 29.8. The normalized spacial score (nSPS) is 16.3. The van der Waals surface area contributed by atoms with Crippen molar-refractivity contribution in [2.45, 2.75) is 37.6 Å². The van der Waals surface area contributed by atoms with Gasteiger partial charge in [0, 0.05) is 53.1 Å². The summed E-state index contributed by atoms with van der Waals surface area (Å²) in [6, 6.07) is 25.7.